The van der Waals surface area contributed by atoms with Gasteiger partial charge in [0.15, 0.2) is 0 Å². The molecule has 2 rings (SSSR count). The summed E-state index contributed by atoms with van der Waals surface area (Å²) >= 11 is 0. The van der Waals surface area contributed by atoms with Gasteiger partial charge in [0, 0.05) is 6.42 Å². The third kappa shape index (κ3) is 3.94. The molecule has 3 N–H and O–H groups in total. The van der Waals surface area contributed by atoms with E-state index in [1.54, 1.807) is 6.07 Å². The predicted molar refractivity (Wildman–Crippen MR) is 75.3 cm³/mol. The minimum absolute atomic E-state index is 0.112. The smallest absolute Gasteiger partial charge is 0.224 e. The van der Waals surface area contributed by atoms with Crippen LogP contribution in [0.2, 0.25) is 0 Å². The number of nitrogens with two attached hydrogens (primary N) is 1. The molecule has 0 bridgehead atoms. The molecule has 0 atom stereocenters. The Morgan fingerprint density at radius 2 is 1.95 bits per heavy atom. The highest BCUT2D eigenvalue weighted by atomic mass is 19.1. The summed E-state index contributed by atoms with van der Waals surface area (Å²) in [7, 11) is 0. The molecule has 1 saturated carbocycles. The number of hydrogen-bond acceptors (Lipinski definition) is 2. The first-order valence-electron chi connectivity index (χ1n) is 7.00. The lowest BCUT2D eigenvalue weighted by atomic mass is 9.96. The monoisotopic (exact) mass is 264 g/mol. The van der Waals surface area contributed by atoms with Crippen molar-refractivity contribution in [3.05, 3.63) is 24.0 Å². The summed E-state index contributed by atoms with van der Waals surface area (Å²) in [5, 5.41) is 2.61. The second-order valence-electron chi connectivity index (χ2n) is 5.31. The average molecular weight is 264 g/mol. The molecule has 1 amide bonds. The van der Waals surface area contributed by atoms with Gasteiger partial charge in [0.2, 0.25) is 5.91 Å². The van der Waals surface area contributed by atoms with Crippen LogP contribution >= 0.6 is 0 Å². The van der Waals surface area contributed by atoms with Crippen molar-refractivity contribution in [1.82, 2.24) is 0 Å². The van der Waals surface area contributed by atoms with E-state index in [0.717, 1.165) is 12.8 Å². The molecule has 1 aromatic carbocycles. The number of nitrogens with one attached hydrogen (secondary N) is 1. The fourth-order valence-electron chi connectivity index (χ4n) is 2.69. The SMILES string of the molecule is Nc1cccc(F)c1NC(=O)CC1CCCCCC1. The zero-order chi connectivity index (χ0) is 13.7. The molecule has 0 unspecified atom stereocenters. The standard InChI is InChI=1S/C15H21FN2O/c16-12-8-5-9-13(17)15(12)18-14(19)10-11-6-3-1-2-4-7-11/h5,8-9,11H,1-4,6-7,10,17H2,(H,18,19). The predicted octanol–water partition coefficient (Wildman–Crippen LogP) is 3.71. The largest absolute Gasteiger partial charge is 0.397 e. The van der Waals surface area contributed by atoms with Crippen molar-refractivity contribution in [2.75, 3.05) is 11.1 Å². The van der Waals surface area contributed by atoms with E-state index in [1.165, 1.54) is 37.8 Å². The molecule has 0 saturated heterocycles. The Morgan fingerprint density at radius 1 is 1.26 bits per heavy atom. The number of amides is 1. The Kier molecular flexibility index (Phi) is 4.77. The minimum atomic E-state index is -0.478. The van der Waals surface area contributed by atoms with Gasteiger partial charge in [-0.2, -0.15) is 0 Å². The zero-order valence-corrected chi connectivity index (χ0v) is 11.1. The van der Waals surface area contributed by atoms with E-state index in [1.807, 2.05) is 0 Å². The summed E-state index contributed by atoms with van der Waals surface area (Å²) in [6.45, 7) is 0. The lowest BCUT2D eigenvalue weighted by Crippen LogP contribution is -2.18. The van der Waals surface area contributed by atoms with E-state index in [-0.39, 0.29) is 17.3 Å². The fourth-order valence-corrected chi connectivity index (χ4v) is 2.69. The average Bonchev–Trinajstić information content (AvgIpc) is 2.63. The highest BCUT2D eigenvalue weighted by Gasteiger charge is 2.17. The topological polar surface area (TPSA) is 55.1 Å². The third-order valence-electron chi connectivity index (χ3n) is 3.76. The maximum atomic E-state index is 13.6. The number of halogens is 1. The molecule has 104 valence electrons. The normalized spacial score (nSPS) is 16.9. The Morgan fingerprint density at radius 3 is 2.58 bits per heavy atom. The van der Waals surface area contributed by atoms with Crippen LogP contribution in [0.4, 0.5) is 15.8 Å². The molecule has 0 spiro atoms. The van der Waals surface area contributed by atoms with Gasteiger partial charge in [0.1, 0.15) is 11.5 Å². The van der Waals surface area contributed by atoms with E-state index in [2.05, 4.69) is 5.32 Å². The van der Waals surface area contributed by atoms with Crippen LogP contribution in [0.25, 0.3) is 0 Å². The first-order valence-corrected chi connectivity index (χ1v) is 7.00. The Labute approximate surface area is 113 Å². The number of anilines is 2. The summed E-state index contributed by atoms with van der Waals surface area (Å²) in [5.41, 5.74) is 6.06. The van der Waals surface area contributed by atoms with Crippen molar-refractivity contribution in [1.29, 1.82) is 0 Å². The van der Waals surface area contributed by atoms with Crippen LogP contribution < -0.4 is 11.1 Å². The van der Waals surface area contributed by atoms with Gasteiger partial charge in [-0.25, -0.2) is 4.39 Å². The third-order valence-corrected chi connectivity index (χ3v) is 3.76. The van der Waals surface area contributed by atoms with Crippen LogP contribution in [0, 0.1) is 11.7 Å². The molecule has 0 radical (unpaired) electrons. The molecular weight excluding hydrogens is 243 g/mol. The van der Waals surface area contributed by atoms with Crippen LogP contribution in [0.3, 0.4) is 0 Å². The molecule has 0 aliphatic heterocycles. The molecule has 0 heterocycles. The first-order chi connectivity index (χ1) is 9.16. The molecule has 3 nitrogen and oxygen atoms in total. The van der Waals surface area contributed by atoms with Crippen LogP contribution in [0.1, 0.15) is 44.9 Å². The van der Waals surface area contributed by atoms with Crippen molar-refractivity contribution in [2.24, 2.45) is 5.92 Å². The number of nitrogen functional groups attached to an aromatic ring is 1. The van der Waals surface area contributed by atoms with Gasteiger partial charge in [-0.1, -0.05) is 31.7 Å². The molecule has 1 aromatic rings. The Bertz CT molecular complexity index is 420. The quantitative estimate of drug-likeness (QED) is 0.646. The van der Waals surface area contributed by atoms with E-state index in [4.69, 9.17) is 5.73 Å². The lowest BCUT2D eigenvalue weighted by molar-refractivity contribution is -0.117. The second kappa shape index (κ2) is 6.55. The Hall–Kier alpha value is -1.58. The zero-order valence-electron chi connectivity index (χ0n) is 11.1. The lowest BCUT2D eigenvalue weighted by Gasteiger charge is -2.14. The fraction of sp³-hybridized carbons (Fsp3) is 0.533. The number of carbonyl (C=O) groups is 1. The number of benzene rings is 1. The summed E-state index contributed by atoms with van der Waals surface area (Å²) in [6, 6.07) is 4.42. The van der Waals surface area contributed by atoms with Crippen molar-refractivity contribution in [3.63, 3.8) is 0 Å². The molecule has 19 heavy (non-hydrogen) atoms. The van der Waals surface area contributed by atoms with Gasteiger partial charge < -0.3 is 11.1 Å². The van der Waals surface area contributed by atoms with Crippen molar-refractivity contribution in [2.45, 2.75) is 44.9 Å². The van der Waals surface area contributed by atoms with Crippen LogP contribution in [0.15, 0.2) is 18.2 Å². The summed E-state index contributed by atoms with van der Waals surface area (Å²) < 4.78 is 13.6. The highest BCUT2D eigenvalue weighted by molar-refractivity contribution is 5.94. The van der Waals surface area contributed by atoms with Gasteiger partial charge in [-0.05, 0) is 30.9 Å². The maximum absolute atomic E-state index is 13.6. The van der Waals surface area contributed by atoms with Gasteiger partial charge in [0.05, 0.1) is 5.69 Å². The molecule has 0 aromatic heterocycles. The Balaban J connectivity index is 1.93. The van der Waals surface area contributed by atoms with E-state index >= 15 is 0 Å². The number of carbonyl (C=O) groups excluding carboxylic acids is 1. The van der Waals surface area contributed by atoms with E-state index in [0.29, 0.717) is 12.3 Å². The second-order valence-corrected chi connectivity index (χ2v) is 5.31. The van der Waals surface area contributed by atoms with Crippen LogP contribution in [-0.2, 0) is 4.79 Å². The number of hydrogen-bond donors (Lipinski definition) is 2. The molecule has 4 heteroatoms. The molecule has 1 aliphatic carbocycles. The minimum Gasteiger partial charge on any atom is -0.397 e. The first kappa shape index (κ1) is 13.8. The van der Waals surface area contributed by atoms with Gasteiger partial charge in [-0.3, -0.25) is 4.79 Å². The van der Waals surface area contributed by atoms with Crippen molar-refractivity contribution in [3.8, 4) is 0 Å². The molecule has 1 fully saturated rings. The molecule has 1 aliphatic rings. The van der Waals surface area contributed by atoms with Gasteiger partial charge >= 0.3 is 0 Å². The molecular formula is C15H21FN2O. The number of rotatable bonds is 3. The highest BCUT2D eigenvalue weighted by Crippen LogP contribution is 2.27. The van der Waals surface area contributed by atoms with Crippen LogP contribution in [-0.4, -0.2) is 5.91 Å². The van der Waals surface area contributed by atoms with Gasteiger partial charge in [0.25, 0.3) is 0 Å². The van der Waals surface area contributed by atoms with Crippen molar-refractivity contribution < 1.29 is 9.18 Å². The van der Waals surface area contributed by atoms with Crippen molar-refractivity contribution >= 4 is 17.3 Å². The summed E-state index contributed by atoms with van der Waals surface area (Å²) in [4.78, 5) is 12.0. The van der Waals surface area contributed by atoms with E-state index < -0.39 is 5.82 Å². The van der Waals surface area contributed by atoms with Gasteiger partial charge in [-0.15, -0.1) is 0 Å². The maximum Gasteiger partial charge on any atom is 0.224 e. The number of para-hydroxylation sites is 1. The summed E-state index contributed by atoms with van der Waals surface area (Å²) in [5.74, 6) is -0.187. The van der Waals surface area contributed by atoms with E-state index in [9.17, 15) is 9.18 Å². The summed E-state index contributed by atoms with van der Waals surface area (Å²) in [6.07, 6.45) is 7.57. The van der Waals surface area contributed by atoms with Crippen LogP contribution in [0.5, 0.6) is 0 Å².